The molecule has 0 heterocycles. The molecule has 2 amide bonds. The highest BCUT2D eigenvalue weighted by Crippen LogP contribution is 2.08. The zero-order valence-electron chi connectivity index (χ0n) is 7.63. The predicted molar refractivity (Wildman–Crippen MR) is 50.3 cm³/mol. The first-order chi connectivity index (χ1) is 6.22. The minimum atomic E-state index is -0.381. The van der Waals surface area contributed by atoms with Crippen LogP contribution in [0.4, 0.5) is 10.5 Å². The summed E-state index contributed by atoms with van der Waals surface area (Å²) in [4.78, 5) is 15.4. The molecule has 0 saturated carbocycles. The van der Waals surface area contributed by atoms with E-state index in [1.807, 2.05) is 31.2 Å². The van der Waals surface area contributed by atoms with Gasteiger partial charge in [0.25, 0.3) is 0 Å². The molecule has 0 fully saturated rings. The van der Waals surface area contributed by atoms with E-state index in [0.717, 1.165) is 11.3 Å². The fourth-order valence-corrected chi connectivity index (χ4v) is 0.972. The Labute approximate surface area is 76.9 Å². The fourth-order valence-electron chi connectivity index (χ4n) is 0.972. The highest BCUT2D eigenvalue weighted by atomic mass is 16.6. The maximum Gasteiger partial charge on any atom is 0.343 e. The van der Waals surface area contributed by atoms with Crippen molar-refractivity contribution in [1.82, 2.24) is 5.48 Å². The van der Waals surface area contributed by atoms with E-state index in [-0.39, 0.29) is 6.03 Å². The Morgan fingerprint density at radius 2 is 2.23 bits per heavy atom. The van der Waals surface area contributed by atoms with Crippen molar-refractivity contribution in [1.29, 1.82) is 0 Å². The second kappa shape index (κ2) is 4.47. The summed E-state index contributed by atoms with van der Waals surface area (Å²) in [6, 6.07) is 7.13. The SMILES string of the molecule is CONC(=O)Nc1cccc(C)c1. The lowest BCUT2D eigenvalue weighted by atomic mass is 10.2. The number of amides is 2. The Morgan fingerprint density at radius 3 is 2.85 bits per heavy atom. The van der Waals surface area contributed by atoms with Crippen molar-refractivity contribution in [3.63, 3.8) is 0 Å². The van der Waals surface area contributed by atoms with Gasteiger partial charge >= 0.3 is 6.03 Å². The second-order valence-corrected chi connectivity index (χ2v) is 2.63. The second-order valence-electron chi connectivity index (χ2n) is 2.63. The van der Waals surface area contributed by atoms with Gasteiger partial charge in [-0.1, -0.05) is 12.1 Å². The Morgan fingerprint density at radius 1 is 1.46 bits per heavy atom. The van der Waals surface area contributed by atoms with Crippen LogP contribution in [0.1, 0.15) is 5.56 Å². The molecule has 0 aliphatic carbocycles. The van der Waals surface area contributed by atoms with E-state index >= 15 is 0 Å². The van der Waals surface area contributed by atoms with Gasteiger partial charge in [0.2, 0.25) is 0 Å². The summed E-state index contributed by atoms with van der Waals surface area (Å²) in [5, 5.41) is 2.61. The fraction of sp³-hybridized carbons (Fsp3) is 0.222. The van der Waals surface area contributed by atoms with Crippen LogP contribution < -0.4 is 10.8 Å². The van der Waals surface area contributed by atoms with Crippen molar-refractivity contribution in [2.75, 3.05) is 12.4 Å². The van der Waals surface area contributed by atoms with Crippen molar-refractivity contribution >= 4 is 11.7 Å². The average molecular weight is 180 g/mol. The van der Waals surface area contributed by atoms with Gasteiger partial charge in [-0.15, -0.1) is 0 Å². The van der Waals surface area contributed by atoms with Crippen molar-refractivity contribution in [3.8, 4) is 0 Å². The Balaban J connectivity index is 2.58. The molecule has 0 bridgehead atoms. The minimum Gasteiger partial charge on any atom is -0.306 e. The van der Waals surface area contributed by atoms with Crippen LogP contribution in [0.25, 0.3) is 0 Å². The summed E-state index contributed by atoms with van der Waals surface area (Å²) in [7, 11) is 1.38. The lowest BCUT2D eigenvalue weighted by Crippen LogP contribution is -2.27. The van der Waals surface area contributed by atoms with Crippen LogP contribution in [0.3, 0.4) is 0 Å². The van der Waals surface area contributed by atoms with Crippen molar-refractivity contribution in [2.24, 2.45) is 0 Å². The van der Waals surface area contributed by atoms with Gasteiger partial charge in [-0.2, -0.15) is 0 Å². The average Bonchev–Trinajstić information content (AvgIpc) is 2.04. The van der Waals surface area contributed by atoms with Gasteiger partial charge < -0.3 is 5.32 Å². The van der Waals surface area contributed by atoms with E-state index in [1.165, 1.54) is 7.11 Å². The molecule has 1 aromatic carbocycles. The number of carbonyl (C=O) groups is 1. The molecule has 2 N–H and O–H groups in total. The van der Waals surface area contributed by atoms with Crippen LogP contribution in [0.2, 0.25) is 0 Å². The van der Waals surface area contributed by atoms with Crippen LogP contribution in [-0.4, -0.2) is 13.1 Å². The van der Waals surface area contributed by atoms with Gasteiger partial charge in [0, 0.05) is 5.69 Å². The molecule has 0 spiro atoms. The lowest BCUT2D eigenvalue weighted by Gasteiger charge is -2.05. The van der Waals surface area contributed by atoms with E-state index in [4.69, 9.17) is 0 Å². The quantitative estimate of drug-likeness (QED) is 0.680. The van der Waals surface area contributed by atoms with Gasteiger partial charge in [0.1, 0.15) is 0 Å². The van der Waals surface area contributed by atoms with E-state index in [2.05, 4.69) is 15.6 Å². The van der Waals surface area contributed by atoms with Crippen LogP contribution >= 0.6 is 0 Å². The first-order valence-corrected chi connectivity index (χ1v) is 3.89. The topological polar surface area (TPSA) is 50.4 Å². The Bertz CT molecular complexity index is 299. The van der Waals surface area contributed by atoms with Crippen molar-refractivity contribution in [2.45, 2.75) is 6.92 Å². The number of rotatable bonds is 2. The summed E-state index contributed by atoms with van der Waals surface area (Å²) < 4.78 is 0. The Kier molecular flexibility index (Phi) is 3.28. The zero-order chi connectivity index (χ0) is 9.68. The lowest BCUT2D eigenvalue weighted by molar-refractivity contribution is 0.114. The van der Waals surface area contributed by atoms with Crippen LogP contribution in [0.5, 0.6) is 0 Å². The molecule has 0 saturated heterocycles. The van der Waals surface area contributed by atoms with Crippen LogP contribution in [0, 0.1) is 6.92 Å². The number of hydroxylamine groups is 1. The maximum atomic E-state index is 11.0. The van der Waals surface area contributed by atoms with E-state index in [1.54, 1.807) is 0 Å². The molecule has 1 aromatic rings. The zero-order valence-corrected chi connectivity index (χ0v) is 7.63. The predicted octanol–water partition coefficient (Wildman–Crippen LogP) is 1.68. The number of hydrogen-bond acceptors (Lipinski definition) is 2. The third-order valence-electron chi connectivity index (χ3n) is 1.47. The maximum absolute atomic E-state index is 11.0. The molecule has 13 heavy (non-hydrogen) atoms. The van der Waals surface area contributed by atoms with E-state index < -0.39 is 0 Å². The smallest absolute Gasteiger partial charge is 0.306 e. The monoisotopic (exact) mass is 180 g/mol. The summed E-state index contributed by atoms with van der Waals surface area (Å²) in [5.41, 5.74) is 4.00. The van der Waals surface area contributed by atoms with Crippen LogP contribution in [0.15, 0.2) is 24.3 Å². The normalized spacial score (nSPS) is 9.38. The molecule has 0 atom stereocenters. The molecule has 0 aromatic heterocycles. The highest BCUT2D eigenvalue weighted by molar-refractivity contribution is 5.88. The standard InChI is InChI=1S/C9H12N2O2/c1-7-4-3-5-8(6-7)10-9(12)11-13-2/h3-6H,1-2H3,(H2,10,11,12). The van der Waals surface area contributed by atoms with Gasteiger partial charge in [-0.05, 0) is 24.6 Å². The summed E-state index contributed by atoms with van der Waals surface area (Å²) in [6.07, 6.45) is 0. The number of benzene rings is 1. The van der Waals surface area contributed by atoms with E-state index in [0.29, 0.717) is 0 Å². The Hall–Kier alpha value is -1.55. The number of hydrogen-bond donors (Lipinski definition) is 2. The molecule has 0 aliphatic rings. The third kappa shape index (κ3) is 3.13. The third-order valence-corrected chi connectivity index (χ3v) is 1.47. The molecular formula is C9H12N2O2. The molecule has 4 nitrogen and oxygen atoms in total. The molecule has 0 aliphatic heterocycles. The largest absolute Gasteiger partial charge is 0.343 e. The van der Waals surface area contributed by atoms with Crippen molar-refractivity contribution in [3.05, 3.63) is 29.8 Å². The molecule has 0 radical (unpaired) electrons. The number of nitrogens with one attached hydrogen (secondary N) is 2. The number of aryl methyl sites for hydroxylation is 1. The molecule has 4 heteroatoms. The summed E-state index contributed by atoms with van der Waals surface area (Å²) in [5.74, 6) is 0. The van der Waals surface area contributed by atoms with Gasteiger partial charge in [0.15, 0.2) is 0 Å². The number of carbonyl (C=O) groups excluding carboxylic acids is 1. The molecule has 70 valence electrons. The highest BCUT2D eigenvalue weighted by Gasteiger charge is 1.98. The number of urea groups is 1. The van der Waals surface area contributed by atoms with Crippen molar-refractivity contribution < 1.29 is 9.63 Å². The number of anilines is 1. The van der Waals surface area contributed by atoms with Gasteiger partial charge in [-0.25, -0.2) is 10.3 Å². The van der Waals surface area contributed by atoms with Gasteiger partial charge in [-0.3, -0.25) is 4.84 Å². The summed E-state index contributed by atoms with van der Waals surface area (Å²) in [6.45, 7) is 1.96. The summed E-state index contributed by atoms with van der Waals surface area (Å²) >= 11 is 0. The minimum absolute atomic E-state index is 0.381. The van der Waals surface area contributed by atoms with Gasteiger partial charge in [0.05, 0.1) is 7.11 Å². The van der Waals surface area contributed by atoms with E-state index in [9.17, 15) is 4.79 Å². The first kappa shape index (κ1) is 9.54. The molecule has 0 unspecified atom stereocenters. The first-order valence-electron chi connectivity index (χ1n) is 3.89. The molecule has 1 rings (SSSR count). The molecular weight excluding hydrogens is 168 g/mol. The van der Waals surface area contributed by atoms with Crippen LogP contribution in [-0.2, 0) is 4.84 Å².